The first-order chi connectivity index (χ1) is 19.2. The standard InChI is InChI=1S/C28H52O12/c1-2-3-4-5-6-7-8-9-10-11-12-13-14-15-20(30)37-17-19-22(32)24(34)26(36)28(39-19)40-27-25(35)23(33)21(31)18(16-29)38-27/h18-19,21-29,31-36H,2-17H2,1H3. The summed E-state index contributed by atoms with van der Waals surface area (Å²) in [5, 5.41) is 70.1. The minimum atomic E-state index is -1.76. The van der Waals surface area contributed by atoms with Crippen LogP contribution in [-0.4, -0.2) is 116 Å². The first kappa shape index (κ1) is 35.3. The Balaban J connectivity index is 1.64. The normalized spacial score (nSPS) is 34.6. The lowest BCUT2D eigenvalue weighted by Gasteiger charge is -2.44. The van der Waals surface area contributed by atoms with Crippen molar-refractivity contribution in [3.05, 3.63) is 0 Å². The van der Waals surface area contributed by atoms with Gasteiger partial charge in [-0.25, -0.2) is 0 Å². The van der Waals surface area contributed by atoms with E-state index in [1.54, 1.807) is 0 Å². The minimum absolute atomic E-state index is 0.205. The van der Waals surface area contributed by atoms with Gasteiger partial charge in [0.15, 0.2) is 12.6 Å². The van der Waals surface area contributed by atoms with Gasteiger partial charge in [0, 0.05) is 6.42 Å². The van der Waals surface area contributed by atoms with E-state index in [-0.39, 0.29) is 6.42 Å². The van der Waals surface area contributed by atoms with E-state index in [1.165, 1.54) is 57.8 Å². The van der Waals surface area contributed by atoms with Crippen LogP contribution >= 0.6 is 0 Å². The van der Waals surface area contributed by atoms with Crippen molar-refractivity contribution < 1.29 is 59.5 Å². The number of rotatable bonds is 19. The lowest BCUT2D eigenvalue weighted by molar-refractivity contribution is -0.376. The van der Waals surface area contributed by atoms with Crippen LogP contribution in [0.1, 0.15) is 96.8 Å². The summed E-state index contributed by atoms with van der Waals surface area (Å²) in [6, 6.07) is 0. The number of aliphatic hydroxyl groups is 7. The largest absolute Gasteiger partial charge is 0.463 e. The summed E-state index contributed by atoms with van der Waals surface area (Å²) < 4.78 is 21.3. The third-order valence-electron chi connectivity index (χ3n) is 7.68. The van der Waals surface area contributed by atoms with E-state index in [0.717, 1.165) is 19.3 Å². The second-order valence-corrected chi connectivity index (χ2v) is 11.0. The summed E-state index contributed by atoms with van der Waals surface area (Å²) in [6.45, 7) is 1.14. The number of hydrogen-bond acceptors (Lipinski definition) is 12. The van der Waals surface area contributed by atoms with Crippen molar-refractivity contribution in [2.75, 3.05) is 13.2 Å². The van der Waals surface area contributed by atoms with Gasteiger partial charge in [-0.2, -0.15) is 0 Å². The van der Waals surface area contributed by atoms with Gasteiger partial charge in [0.2, 0.25) is 0 Å². The molecule has 2 aliphatic heterocycles. The van der Waals surface area contributed by atoms with Gasteiger partial charge < -0.3 is 54.7 Å². The molecule has 2 rings (SSSR count). The molecule has 0 aromatic rings. The highest BCUT2D eigenvalue weighted by Gasteiger charge is 2.49. The molecule has 12 nitrogen and oxygen atoms in total. The molecule has 0 radical (unpaired) electrons. The lowest BCUT2D eigenvalue weighted by atomic mass is 9.98. The van der Waals surface area contributed by atoms with Gasteiger partial charge >= 0.3 is 5.97 Å². The van der Waals surface area contributed by atoms with Crippen molar-refractivity contribution in [2.24, 2.45) is 0 Å². The zero-order valence-corrected chi connectivity index (χ0v) is 23.8. The Morgan fingerprint density at radius 1 is 0.600 bits per heavy atom. The van der Waals surface area contributed by atoms with E-state index in [2.05, 4.69) is 6.92 Å². The molecular formula is C28H52O12. The highest BCUT2D eigenvalue weighted by molar-refractivity contribution is 5.69. The predicted molar refractivity (Wildman–Crippen MR) is 143 cm³/mol. The fraction of sp³-hybridized carbons (Fsp3) is 0.964. The fourth-order valence-corrected chi connectivity index (χ4v) is 5.01. The molecule has 2 fully saturated rings. The molecular weight excluding hydrogens is 528 g/mol. The average molecular weight is 581 g/mol. The maximum atomic E-state index is 12.2. The second kappa shape index (κ2) is 19.3. The van der Waals surface area contributed by atoms with E-state index >= 15 is 0 Å². The monoisotopic (exact) mass is 580 g/mol. The van der Waals surface area contributed by atoms with Crippen molar-refractivity contribution in [3.8, 4) is 0 Å². The lowest BCUT2D eigenvalue weighted by Crippen LogP contribution is -2.63. The summed E-state index contributed by atoms with van der Waals surface area (Å²) in [5.74, 6) is -0.481. The summed E-state index contributed by atoms with van der Waals surface area (Å²) in [6.07, 6.45) is -0.249. The SMILES string of the molecule is CCCCCCCCCCCCCCCC(=O)OCC1OC(OC2OC(CO)C(O)C(O)C2O)C(O)C(O)C1O. The van der Waals surface area contributed by atoms with Gasteiger partial charge in [-0.15, -0.1) is 0 Å². The Bertz CT molecular complexity index is 680. The van der Waals surface area contributed by atoms with Gasteiger partial charge in [0.1, 0.15) is 55.4 Å². The molecule has 40 heavy (non-hydrogen) atoms. The van der Waals surface area contributed by atoms with Crippen LogP contribution in [0.3, 0.4) is 0 Å². The Morgan fingerprint density at radius 3 is 1.50 bits per heavy atom. The summed E-state index contributed by atoms with van der Waals surface area (Å²) in [4.78, 5) is 12.2. The van der Waals surface area contributed by atoms with Crippen molar-refractivity contribution in [3.63, 3.8) is 0 Å². The summed E-state index contributed by atoms with van der Waals surface area (Å²) >= 11 is 0. The molecule has 0 spiro atoms. The van der Waals surface area contributed by atoms with Crippen LogP contribution in [0.2, 0.25) is 0 Å². The number of hydrogen-bond donors (Lipinski definition) is 7. The predicted octanol–water partition coefficient (Wildman–Crippen LogP) is 0.635. The smallest absolute Gasteiger partial charge is 0.305 e. The Hall–Kier alpha value is -0.930. The third kappa shape index (κ3) is 11.4. The molecule has 2 aliphatic rings. The van der Waals surface area contributed by atoms with Gasteiger partial charge in [0.25, 0.3) is 0 Å². The van der Waals surface area contributed by atoms with Crippen LogP contribution in [0.15, 0.2) is 0 Å². The van der Waals surface area contributed by atoms with Gasteiger partial charge in [-0.05, 0) is 6.42 Å². The number of ether oxygens (including phenoxy) is 4. The Labute approximate surface area is 237 Å². The topological polar surface area (TPSA) is 196 Å². The summed E-state index contributed by atoms with van der Waals surface area (Å²) in [5.41, 5.74) is 0. The quantitative estimate of drug-likeness (QED) is 0.0833. The first-order valence-corrected chi connectivity index (χ1v) is 15.0. The van der Waals surface area contributed by atoms with E-state index < -0.39 is 80.6 Å². The van der Waals surface area contributed by atoms with Gasteiger partial charge in [-0.1, -0.05) is 84.0 Å². The maximum Gasteiger partial charge on any atom is 0.305 e. The minimum Gasteiger partial charge on any atom is -0.463 e. The van der Waals surface area contributed by atoms with Crippen LogP contribution < -0.4 is 0 Å². The molecule has 0 aromatic carbocycles. The number of esters is 1. The third-order valence-corrected chi connectivity index (χ3v) is 7.68. The Morgan fingerprint density at radius 2 is 1.02 bits per heavy atom. The zero-order chi connectivity index (χ0) is 29.5. The molecule has 10 unspecified atom stereocenters. The highest BCUT2D eigenvalue weighted by atomic mass is 16.8. The second-order valence-electron chi connectivity index (χ2n) is 11.0. The van der Waals surface area contributed by atoms with Crippen molar-refractivity contribution >= 4 is 5.97 Å². The van der Waals surface area contributed by atoms with Crippen LogP contribution in [0, 0.1) is 0 Å². The maximum absolute atomic E-state index is 12.2. The molecule has 236 valence electrons. The van der Waals surface area contributed by atoms with E-state index in [9.17, 15) is 40.5 Å². The molecule has 0 amide bonds. The number of aliphatic hydroxyl groups excluding tert-OH is 7. The number of carbonyl (C=O) groups excluding carboxylic acids is 1. The average Bonchev–Trinajstić information content (AvgIpc) is 2.95. The molecule has 0 bridgehead atoms. The van der Waals surface area contributed by atoms with E-state index in [1.807, 2.05) is 0 Å². The van der Waals surface area contributed by atoms with Crippen LogP contribution in [0.5, 0.6) is 0 Å². The first-order valence-electron chi connectivity index (χ1n) is 15.0. The number of carbonyl (C=O) groups is 1. The van der Waals surface area contributed by atoms with Gasteiger partial charge in [-0.3, -0.25) is 4.79 Å². The molecule has 2 saturated heterocycles. The number of unbranched alkanes of at least 4 members (excludes halogenated alkanes) is 12. The van der Waals surface area contributed by atoms with Crippen LogP contribution in [0.4, 0.5) is 0 Å². The fourth-order valence-electron chi connectivity index (χ4n) is 5.01. The van der Waals surface area contributed by atoms with Gasteiger partial charge in [0.05, 0.1) is 6.61 Å². The van der Waals surface area contributed by atoms with E-state index in [0.29, 0.717) is 6.42 Å². The molecule has 2 heterocycles. The highest BCUT2D eigenvalue weighted by Crippen LogP contribution is 2.28. The molecule has 10 atom stereocenters. The van der Waals surface area contributed by atoms with Crippen molar-refractivity contribution in [1.82, 2.24) is 0 Å². The van der Waals surface area contributed by atoms with Crippen molar-refractivity contribution in [2.45, 2.75) is 158 Å². The molecule has 0 saturated carbocycles. The van der Waals surface area contributed by atoms with Crippen LogP contribution in [0.25, 0.3) is 0 Å². The Kier molecular flexibility index (Phi) is 17.0. The summed E-state index contributed by atoms with van der Waals surface area (Å²) in [7, 11) is 0. The van der Waals surface area contributed by atoms with Crippen LogP contribution in [-0.2, 0) is 23.7 Å². The molecule has 0 aliphatic carbocycles. The molecule has 7 N–H and O–H groups in total. The zero-order valence-electron chi connectivity index (χ0n) is 23.8. The molecule has 0 aromatic heterocycles. The van der Waals surface area contributed by atoms with E-state index in [4.69, 9.17) is 18.9 Å². The molecule has 12 heteroatoms. The van der Waals surface area contributed by atoms with Crippen molar-refractivity contribution in [1.29, 1.82) is 0 Å².